The lowest BCUT2D eigenvalue weighted by Gasteiger charge is -1.95. The van der Waals surface area contributed by atoms with Gasteiger partial charge in [0.25, 0.3) is 0 Å². The molecule has 0 aromatic rings. The lowest BCUT2D eigenvalue weighted by atomic mass is 10.1. The Labute approximate surface area is 117 Å². The molecule has 0 atom stereocenters. The molecule has 0 heterocycles. The summed E-state index contributed by atoms with van der Waals surface area (Å²) in [5.41, 5.74) is 0. The second-order valence-corrected chi connectivity index (χ2v) is 4.13. The van der Waals surface area contributed by atoms with E-state index in [0.29, 0.717) is 12.3 Å². The second-order valence-electron chi connectivity index (χ2n) is 4.13. The average molecular weight is 264 g/mol. The van der Waals surface area contributed by atoms with Crippen molar-refractivity contribution in [1.29, 1.82) is 0 Å². The summed E-state index contributed by atoms with van der Waals surface area (Å²) < 4.78 is 0. The van der Waals surface area contributed by atoms with Crippen molar-refractivity contribution in [2.24, 2.45) is 5.92 Å². The van der Waals surface area contributed by atoms with Gasteiger partial charge >= 0.3 is 5.97 Å². The zero-order valence-corrected chi connectivity index (χ0v) is 12.0. The predicted octanol–water partition coefficient (Wildman–Crippen LogP) is 2.50. The fourth-order valence-corrected chi connectivity index (χ4v) is 0.863. The van der Waals surface area contributed by atoms with E-state index >= 15 is 0 Å². The second kappa shape index (κ2) is 18.5. The lowest BCUT2D eigenvalue weighted by Crippen LogP contribution is -1.91. The van der Waals surface area contributed by atoms with Gasteiger partial charge in [-0.25, -0.2) is 0 Å². The standard InChI is InChI=1S/C11H12.C5H10O2.H2O/c1-4-5-6-7-8-9-10-11(2)3;1-2-3-4-5(6)7;/h1,11H,9-10H2,2-3H3;2-4H2,1H3,(H,6,7);1H2. The third kappa shape index (κ3) is 31.4. The summed E-state index contributed by atoms with van der Waals surface area (Å²) in [5.74, 6) is 12.8. The molecule has 0 aromatic heterocycles. The van der Waals surface area contributed by atoms with Crippen LogP contribution in [0.1, 0.15) is 52.9 Å². The minimum atomic E-state index is -0.693. The van der Waals surface area contributed by atoms with E-state index in [0.717, 1.165) is 25.7 Å². The molecule has 0 amide bonds. The van der Waals surface area contributed by atoms with Crippen molar-refractivity contribution in [2.75, 3.05) is 0 Å². The number of aliphatic carboxylic acids is 1. The lowest BCUT2D eigenvalue weighted by molar-refractivity contribution is -0.137. The van der Waals surface area contributed by atoms with Gasteiger partial charge in [-0.15, -0.1) is 6.42 Å². The smallest absolute Gasteiger partial charge is 0.303 e. The molecule has 0 radical (unpaired) electrons. The molecule has 0 aliphatic carbocycles. The van der Waals surface area contributed by atoms with Gasteiger partial charge in [-0.1, -0.05) is 33.1 Å². The molecular weight excluding hydrogens is 240 g/mol. The van der Waals surface area contributed by atoms with Crippen LogP contribution >= 0.6 is 0 Å². The summed E-state index contributed by atoms with van der Waals surface area (Å²) in [5, 5.41) is 8.04. The Morgan fingerprint density at radius 1 is 1.26 bits per heavy atom. The molecule has 106 valence electrons. The van der Waals surface area contributed by atoms with Gasteiger partial charge in [0, 0.05) is 12.8 Å². The molecular formula is C16H24O3. The molecule has 0 fully saturated rings. The average Bonchev–Trinajstić information content (AvgIpc) is 2.31. The van der Waals surface area contributed by atoms with Crippen LogP contribution in [0.15, 0.2) is 0 Å². The van der Waals surface area contributed by atoms with E-state index < -0.39 is 5.97 Å². The largest absolute Gasteiger partial charge is 0.481 e. The molecule has 0 bridgehead atoms. The van der Waals surface area contributed by atoms with Crippen LogP contribution < -0.4 is 0 Å². The molecule has 0 aliphatic rings. The van der Waals surface area contributed by atoms with Crippen LogP contribution in [-0.4, -0.2) is 16.6 Å². The summed E-state index contributed by atoms with van der Waals surface area (Å²) in [6, 6.07) is 0. The monoisotopic (exact) mass is 264 g/mol. The molecule has 3 heteroatoms. The van der Waals surface area contributed by atoms with Crippen LogP contribution in [0.2, 0.25) is 0 Å². The number of terminal acetylenes is 1. The number of carbonyl (C=O) groups is 1. The molecule has 3 N–H and O–H groups in total. The van der Waals surface area contributed by atoms with E-state index in [4.69, 9.17) is 11.5 Å². The maximum absolute atomic E-state index is 9.76. The van der Waals surface area contributed by atoms with Gasteiger partial charge in [0.2, 0.25) is 0 Å². The van der Waals surface area contributed by atoms with Crippen molar-refractivity contribution in [2.45, 2.75) is 52.9 Å². The summed E-state index contributed by atoms with van der Waals surface area (Å²) in [4.78, 5) is 9.76. The number of hydrogen-bond donors (Lipinski definition) is 1. The Morgan fingerprint density at radius 3 is 2.26 bits per heavy atom. The van der Waals surface area contributed by atoms with E-state index in [9.17, 15) is 4.79 Å². The molecule has 0 aromatic carbocycles. The van der Waals surface area contributed by atoms with Crippen molar-refractivity contribution < 1.29 is 15.4 Å². The third-order valence-corrected chi connectivity index (χ3v) is 1.88. The Hall–Kier alpha value is -1.89. The minimum Gasteiger partial charge on any atom is -0.481 e. The highest BCUT2D eigenvalue weighted by molar-refractivity contribution is 5.66. The van der Waals surface area contributed by atoms with E-state index in [2.05, 4.69) is 43.4 Å². The molecule has 0 saturated carbocycles. The van der Waals surface area contributed by atoms with Crippen LogP contribution in [0, 0.1) is 41.9 Å². The summed E-state index contributed by atoms with van der Waals surface area (Å²) in [7, 11) is 0. The first kappa shape index (κ1) is 22.3. The highest BCUT2D eigenvalue weighted by atomic mass is 16.4. The maximum atomic E-state index is 9.76. The van der Waals surface area contributed by atoms with Crippen molar-refractivity contribution in [1.82, 2.24) is 0 Å². The quantitative estimate of drug-likeness (QED) is 0.775. The molecule has 0 spiro atoms. The minimum absolute atomic E-state index is 0. The van der Waals surface area contributed by atoms with E-state index in [1.165, 1.54) is 0 Å². The number of hydrogen-bond acceptors (Lipinski definition) is 1. The Morgan fingerprint density at radius 2 is 1.89 bits per heavy atom. The number of rotatable bonds is 5. The summed E-state index contributed by atoms with van der Waals surface area (Å²) in [6.07, 6.45) is 9.02. The van der Waals surface area contributed by atoms with Gasteiger partial charge in [0.15, 0.2) is 0 Å². The highest BCUT2D eigenvalue weighted by Crippen LogP contribution is 2.00. The summed E-state index contributed by atoms with van der Waals surface area (Å²) >= 11 is 0. The van der Waals surface area contributed by atoms with Crippen LogP contribution in [0.25, 0.3) is 0 Å². The molecule has 0 saturated heterocycles. The third-order valence-electron chi connectivity index (χ3n) is 1.88. The van der Waals surface area contributed by atoms with Gasteiger partial charge in [-0.2, -0.15) is 0 Å². The normalized spacial score (nSPS) is 7.32. The van der Waals surface area contributed by atoms with Gasteiger partial charge in [-0.05, 0) is 42.4 Å². The van der Waals surface area contributed by atoms with Crippen LogP contribution in [-0.2, 0) is 4.79 Å². The molecule has 3 nitrogen and oxygen atoms in total. The molecule has 19 heavy (non-hydrogen) atoms. The van der Waals surface area contributed by atoms with Crippen LogP contribution in [0.3, 0.4) is 0 Å². The first-order valence-corrected chi connectivity index (χ1v) is 6.19. The zero-order valence-electron chi connectivity index (χ0n) is 12.0. The van der Waals surface area contributed by atoms with Crippen molar-refractivity contribution >= 4 is 5.97 Å². The predicted molar refractivity (Wildman–Crippen MR) is 79.2 cm³/mol. The first-order chi connectivity index (χ1) is 8.54. The Balaban J connectivity index is -0.000000280. The fraction of sp³-hybridized carbons (Fsp3) is 0.562. The van der Waals surface area contributed by atoms with Crippen molar-refractivity contribution in [3.63, 3.8) is 0 Å². The van der Waals surface area contributed by atoms with E-state index in [-0.39, 0.29) is 5.48 Å². The topological polar surface area (TPSA) is 68.8 Å². The van der Waals surface area contributed by atoms with Gasteiger partial charge in [0.1, 0.15) is 0 Å². The van der Waals surface area contributed by atoms with E-state index in [1.807, 2.05) is 6.92 Å². The first-order valence-electron chi connectivity index (χ1n) is 6.19. The molecule has 0 unspecified atom stereocenters. The highest BCUT2D eigenvalue weighted by Gasteiger charge is 1.90. The molecule has 0 rings (SSSR count). The maximum Gasteiger partial charge on any atom is 0.303 e. The Bertz CT molecular complexity index is 367. The van der Waals surface area contributed by atoms with Gasteiger partial charge in [0.05, 0.1) is 0 Å². The SMILES string of the molecule is C#CC#CC#CCCC(C)C.CCCCC(=O)O.O. The van der Waals surface area contributed by atoms with Gasteiger partial charge in [-0.3, -0.25) is 4.79 Å². The van der Waals surface area contributed by atoms with Crippen LogP contribution in [0.4, 0.5) is 0 Å². The van der Waals surface area contributed by atoms with E-state index in [1.54, 1.807) is 0 Å². The number of carboxylic acids is 1. The Kier molecular flexibility index (Phi) is 21.7. The zero-order chi connectivity index (χ0) is 14.2. The van der Waals surface area contributed by atoms with Crippen molar-refractivity contribution in [3.05, 3.63) is 0 Å². The van der Waals surface area contributed by atoms with Crippen LogP contribution in [0.5, 0.6) is 0 Å². The van der Waals surface area contributed by atoms with Gasteiger partial charge < -0.3 is 10.6 Å². The number of unbranched alkanes of at least 4 members (excludes halogenated alkanes) is 1. The molecule has 0 aliphatic heterocycles. The number of carboxylic acid groups (broad SMARTS) is 1. The fourth-order valence-electron chi connectivity index (χ4n) is 0.863. The summed E-state index contributed by atoms with van der Waals surface area (Å²) in [6.45, 7) is 6.33. The van der Waals surface area contributed by atoms with Crippen molar-refractivity contribution in [3.8, 4) is 36.0 Å².